The summed E-state index contributed by atoms with van der Waals surface area (Å²) in [5.41, 5.74) is 5.56. The lowest BCUT2D eigenvalue weighted by Gasteiger charge is -2.48. The monoisotopic (exact) mass is 478 g/mol. The van der Waals surface area contributed by atoms with Crippen LogP contribution in [0.5, 0.6) is 0 Å². The summed E-state index contributed by atoms with van der Waals surface area (Å²) < 4.78 is 0. The minimum absolute atomic E-state index is 0.285. The second-order valence-electron chi connectivity index (χ2n) is 12.6. The van der Waals surface area contributed by atoms with Crippen LogP contribution in [0.3, 0.4) is 0 Å². The van der Waals surface area contributed by atoms with Gasteiger partial charge in [-0.2, -0.15) is 0 Å². The van der Waals surface area contributed by atoms with Crippen molar-refractivity contribution in [1.82, 2.24) is 0 Å². The number of ketones is 1. The largest absolute Gasteiger partial charge is 0.481 e. The highest BCUT2D eigenvalue weighted by Crippen LogP contribution is 2.64. The minimum Gasteiger partial charge on any atom is -0.481 e. The molecule has 2 N–H and O–H groups in total. The molecule has 3 aliphatic rings. The molecule has 0 bridgehead atoms. The smallest absolute Gasteiger partial charge is 0.306 e. The first kappa shape index (κ1) is 25.9. The Hall–Kier alpha value is -2.20. The zero-order chi connectivity index (χ0) is 26.1. The fourth-order valence-electron chi connectivity index (χ4n) is 7.63. The molecule has 190 valence electrons. The Morgan fingerprint density at radius 3 is 2.46 bits per heavy atom. The van der Waals surface area contributed by atoms with Gasteiger partial charge in [-0.15, -0.1) is 0 Å². The van der Waals surface area contributed by atoms with Crippen molar-refractivity contribution in [3.05, 3.63) is 52.1 Å². The van der Waals surface area contributed by atoms with Gasteiger partial charge in [0.1, 0.15) is 5.78 Å². The van der Waals surface area contributed by atoms with Gasteiger partial charge in [0.25, 0.3) is 0 Å². The highest BCUT2D eigenvalue weighted by atomic mass is 16.4. The van der Waals surface area contributed by atoms with Crippen LogP contribution in [0.15, 0.2) is 24.3 Å². The molecular weight excluding hydrogens is 436 g/mol. The van der Waals surface area contributed by atoms with E-state index in [0.717, 1.165) is 23.1 Å². The first-order valence-electron chi connectivity index (χ1n) is 13.1. The van der Waals surface area contributed by atoms with Crippen molar-refractivity contribution in [2.75, 3.05) is 0 Å². The van der Waals surface area contributed by atoms with Gasteiger partial charge in [-0.05, 0) is 80.2 Å². The molecule has 35 heavy (non-hydrogen) atoms. The number of aliphatic carboxylic acids is 1. The molecule has 1 saturated carbocycles. The van der Waals surface area contributed by atoms with Crippen molar-refractivity contribution >= 4 is 17.8 Å². The second kappa shape index (κ2) is 8.44. The number of carbonyl (C=O) groups is 2. The first-order valence-corrected chi connectivity index (χ1v) is 13.1. The molecule has 0 spiro atoms. The van der Waals surface area contributed by atoms with Gasteiger partial charge in [-0.1, -0.05) is 58.1 Å². The number of aliphatic hydroxyl groups excluding tert-OH is 1. The van der Waals surface area contributed by atoms with Gasteiger partial charge in [0, 0.05) is 28.6 Å². The third-order valence-electron chi connectivity index (χ3n) is 10.0. The number of benzene rings is 1. The summed E-state index contributed by atoms with van der Waals surface area (Å²) in [6.07, 6.45) is 6.59. The Morgan fingerprint density at radius 2 is 1.86 bits per heavy atom. The number of carboxylic acids is 1. The van der Waals surface area contributed by atoms with E-state index < -0.39 is 34.2 Å². The summed E-state index contributed by atoms with van der Waals surface area (Å²) in [4.78, 5) is 25.3. The van der Waals surface area contributed by atoms with E-state index in [1.807, 2.05) is 13.8 Å². The zero-order valence-corrected chi connectivity index (χ0v) is 22.5. The van der Waals surface area contributed by atoms with E-state index in [4.69, 9.17) is 0 Å². The Kier molecular flexibility index (Phi) is 6.24. The molecule has 0 heterocycles. The van der Waals surface area contributed by atoms with Crippen molar-refractivity contribution in [1.29, 1.82) is 0 Å². The summed E-state index contributed by atoms with van der Waals surface area (Å²) in [5, 5.41) is 21.7. The topological polar surface area (TPSA) is 74.6 Å². The number of allylic oxidation sites excluding steroid dienone is 2. The number of hydrogen-bond acceptors (Lipinski definition) is 3. The van der Waals surface area contributed by atoms with Gasteiger partial charge in [-0.3, -0.25) is 9.59 Å². The highest BCUT2D eigenvalue weighted by Gasteiger charge is 2.62. The third-order valence-corrected chi connectivity index (χ3v) is 10.0. The van der Waals surface area contributed by atoms with Crippen LogP contribution < -0.4 is 0 Å². The van der Waals surface area contributed by atoms with Crippen LogP contribution in [-0.4, -0.2) is 28.1 Å². The predicted molar refractivity (Wildman–Crippen MR) is 140 cm³/mol. The molecule has 0 aliphatic heterocycles. The molecule has 4 heteroatoms. The number of hydrogen-bond donors (Lipinski definition) is 2. The predicted octanol–water partition coefficient (Wildman–Crippen LogP) is 6.15. The lowest BCUT2D eigenvalue weighted by molar-refractivity contribution is -0.147. The van der Waals surface area contributed by atoms with E-state index in [-0.39, 0.29) is 11.7 Å². The Labute approximate surface area is 210 Å². The van der Waals surface area contributed by atoms with Crippen LogP contribution in [0.25, 0.3) is 6.08 Å². The number of fused-ring (bicyclic) bond motifs is 5. The van der Waals surface area contributed by atoms with Gasteiger partial charge in [-0.25, -0.2) is 0 Å². The number of rotatable bonds is 6. The normalized spacial score (nSPS) is 31.6. The van der Waals surface area contributed by atoms with Gasteiger partial charge < -0.3 is 10.2 Å². The maximum absolute atomic E-state index is 12.8. The van der Waals surface area contributed by atoms with Gasteiger partial charge in [0.15, 0.2) is 0 Å². The van der Waals surface area contributed by atoms with E-state index >= 15 is 0 Å². The molecule has 1 aromatic rings. The molecule has 1 aromatic carbocycles. The summed E-state index contributed by atoms with van der Waals surface area (Å²) in [5.74, 6) is -1.27. The van der Waals surface area contributed by atoms with E-state index in [1.165, 1.54) is 16.7 Å². The van der Waals surface area contributed by atoms with Crippen molar-refractivity contribution in [3.63, 3.8) is 0 Å². The minimum atomic E-state index is -0.836. The van der Waals surface area contributed by atoms with Crippen LogP contribution in [0.1, 0.15) is 95.0 Å². The fraction of sp³-hybridized carbons (Fsp3) is 0.613. The molecule has 5 atom stereocenters. The number of aliphatic hydroxyl groups is 1. The zero-order valence-electron chi connectivity index (χ0n) is 22.5. The summed E-state index contributed by atoms with van der Waals surface area (Å²) >= 11 is 0. The maximum atomic E-state index is 12.8. The summed E-state index contributed by atoms with van der Waals surface area (Å²) in [6.45, 7) is 18.8. The van der Waals surface area contributed by atoms with Crippen LogP contribution in [-0.2, 0) is 26.8 Å². The summed E-state index contributed by atoms with van der Waals surface area (Å²) in [6, 6.07) is 2.22. The van der Waals surface area contributed by atoms with E-state index in [2.05, 4.69) is 59.4 Å². The molecule has 4 nitrogen and oxygen atoms in total. The molecule has 0 aromatic heterocycles. The van der Waals surface area contributed by atoms with E-state index in [1.54, 1.807) is 0 Å². The maximum Gasteiger partial charge on any atom is 0.306 e. The third kappa shape index (κ3) is 3.66. The average Bonchev–Trinajstić information content (AvgIpc) is 2.96. The molecule has 0 radical (unpaired) electrons. The van der Waals surface area contributed by atoms with Crippen molar-refractivity contribution in [2.45, 2.75) is 97.5 Å². The summed E-state index contributed by atoms with van der Waals surface area (Å²) in [7, 11) is 0. The standard InChI is InChI=1S/C31H42O4/c1-17(2)18(3)9-10-22(28(34)35)27-24(32)16-31(8)23-15-19(4)26-21(11-12-25(33)29(26,5)6)20(23)13-14-30(27,31)7/h13-15,17,22,24,27,32H,3,9-12,16H2,1-2,4-8H3,(H,34,35)/t22-,24-,27+,30-,31+/m1/s1. The molecule has 0 unspecified atom stereocenters. The molecule has 3 aliphatic carbocycles. The average molecular weight is 479 g/mol. The van der Waals surface area contributed by atoms with Crippen molar-refractivity contribution in [2.24, 2.45) is 23.2 Å². The second-order valence-corrected chi connectivity index (χ2v) is 12.6. The number of aryl methyl sites for hydroxylation is 1. The van der Waals surface area contributed by atoms with Crippen LogP contribution in [0, 0.1) is 30.1 Å². The Balaban J connectivity index is 1.82. The first-order chi connectivity index (χ1) is 16.2. The molecule has 0 saturated heterocycles. The Bertz CT molecular complexity index is 1120. The van der Waals surface area contributed by atoms with Crippen molar-refractivity contribution in [3.8, 4) is 0 Å². The number of carboxylic acid groups (broad SMARTS) is 1. The lowest BCUT2D eigenvalue weighted by Crippen LogP contribution is -2.46. The van der Waals surface area contributed by atoms with Gasteiger partial charge in [0.05, 0.1) is 12.0 Å². The van der Waals surface area contributed by atoms with Gasteiger partial charge >= 0.3 is 5.97 Å². The lowest BCUT2D eigenvalue weighted by atomic mass is 9.54. The van der Waals surface area contributed by atoms with Crippen LogP contribution >= 0.6 is 0 Å². The Morgan fingerprint density at radius 1 is 1.20 bits per heavy atom. The van der Waals surface area contributed by atoms with E-state index in [0.29, 0.717) is 31.6 Å². The molecule has 0 amide bonds. The molecular formula is C31H42O4. The number of carbonyl (C=O) groups excluding carboxylic acids is 1. The molecule has 4 rings (SSSR count). The quantitative estimate of drug-likeness (QED) is 0.481. The van der Waals surface area contributed by atoms with Crippen molar-refractivity contribution < 1.29 is 19.8 Å². The SMILES string of the molecule is C=C(CC[C@@H](C(=O)O)[C@H]1[C@H](O)C[C@@]2(C)c3cc(C)c4c(c3C=C[C@]12C)CCC(=O)C4(C)C)C(C)C. The number of Topliss-reactive ketones (excluding diaryl/α,β-unsaturated/α-hetero) is 1. The van der Waals surface area contributed by atoms with Gasteiger partial charge in [0.2, 0.25) is 0 Å². The molecule has 1 fully saturated rings. The van der Waals surface area contributed by atoms with Crippen LogP contribution in [0.4, 0.5) is 0 Å². The highest BCUT2D eigenvalue weighted by molar-refractivity contribution is 5.93. The fourth-order valence-corrected chi connectivity index (χ4v) is 7.63. The van der Waals surface area contributed by atoms with Crippen LogP contribution in [0.2, 0.25) is 0 Å². The van der Waals surface area contributed by atoms with E-state index in [9.17, 15) is 19.8 Å².